The van der Waals surface area contributed by atoms with Crippen molar-refractivity contribution in [2.75, 3.05) is 57.6 Å². The third-order valence-corrected chi connectivity index (χ3v) is 18.0. The molecule has 11 N–H and O–H groups in total. The van der Waals surface area contributed by atoms with Crippen molar-refractivity contribution in [3.05, 3.63) is 60.8 Å². The maximum absolute atomic E-state index is 16.7. The van der Waals surface area contributed by atoms with Crippen LogP contribution in [0, 0.1) is 17.8 Å². The zero-order valence-corrected chi connectivity index (χ0v) is 53.7. The van der Waals surface area contributed by atoms with Crippen LogP contribution in [0.2, 0.25) is 0 Å². The number of carbonyl (C=O) groups is 8. The van der Waals surface area contributed by atoms with Crippen LogP contribution >= 0.6 is 13.4 Å². The molecule has 93 heavy (non-hydrogen) atoms. The van der Waals surface area contributed by atoms with E-state index >= 15 is 8.78 Å². The number of hydrogen-bond donors (Lipinski definition) is 9. The number of nitrogen functional groups attached to an aromatic ring is 1. The second-order valence-corrected chi connectivity index (χ2v) is 27.7. The van der Waals surface area contributed by atoms with Gasteiger partial charge in [-0.25, -0.2) is 48.3 Å². The van der Waals surface area contributed by atoms with E-state index in [0.717, 1.165) is 23.9 Å². The fourth-order valence-corrected chi connectivity index (χ4v) is 12.8. The molecule has 3 aliphatic rings. The molecule has 5 aromatic rings. The zero-order chi connectivity index (χ0) is 67.5. The highest BCUT2D eigenvalue weighted by Crippen LogP contribution is 2.55. The van der Waals surface area contributed by atoms with Crippen molar-refractivity contribution >= 4 is 118 Å². The summed E-state index contributed by atoms with van der Waals surface area (Å²) in [4.78, 5) is 149. The van der Waals surface area contributed by atoms with Crippen molar-refractivity contribution in [2.24, 2.45) is 23.5 Å². The van der Waals surface area contributed by atoms with Crippen LogP contribution in [0.5, 0.6) is 0 Å². The minimum Gasteiger partial charge on any atom is -0.481 e. The van der Waals surface area contributed by atoms with E-state index in [9.17, 15) is 48.1 Å². The molecule has 8 rings (SSSR count). The van der Waals surface area contributed by atoms with E-state index in [1.807, 2.05) is 0 Å². The number of nitrogens with zero attached hydrogens (tertiary/aromatic N) is 9. The first-order chi connectivity index (χ1) is 44.1. The van der Waals surface area contributed by atoms with Crippen LogP contribution in [-0.4, -0.2) is 196 Å². The number of urea groups is 1. The minimum atomic E-state index is -4.43. The normalized spacial score (nSPS) is 24.9. The molecule has 0 radical (unpaired) electrons. The van der Waals surface area contributed by atoms with Gasteiger partial charge < -0.3 is 80.5 Å². The zero-order valence-electron chi connectivity index (χ0n) is 50.3. The van der Waals surface area contributed by atoms with E-state index in [1.54, 1.807) is 38.1 Å². The number of primary amides is 1. The van der Waals surface area contributed by atoms with Crippen molar-refractivity contribution in [2.45, 2.75) is 121 Å². The third kappa shape index (κ3) is 18.9. The summed E-state index contributed by atoms with van der Waals surface area (Å²) in [6, 6.07) is 4.51. The molecule has 3 saturated heterocycles. The number of alkyl halides is 2. The quantitative estimate of drug-likeness (QED) is 0.0217. The number of amides is 6. The summed E-state index contributed by atoms with van der Waals surface area (Å²) in [6.45, 7) is -6.02. The van der Waals surface area contributed by atoms with Gasteiger partial charge in [0.25, 0.3) is 0 Å². The van der Waals surface area contributed by atoms with E-state index in [1.165, 1.54) is 29.4 Å². The van der Waals surface area contributed by atoms with E-state index in [0.29, 0.717) is 11.3 Å². The van der Waals surface area contributed by atoms with Gasteiger partial charge in [-0.1, -0.05) is 32.9 Å². The number of benzene rings is 1. The number of aromatic nitrogens is 8. The van der Waals surface area contributed by atoms with Crippen LogP contribution in [-0.2, 0) is 102 Å². The predicted octanol–water partition coefficient (Wildman–Crippen LogP) is 2.04. The van der Waals surface area contributed by atoms with E-state index < -0.39 is 154 Å². The minimum absolute atomic E-state index is 0.0138. The number of rotatable bonds is 26. The van der Waals surface area contributed by atoms with Crippen LogP contribution in [0.1, 0.15) is 76.6 Å². The number of ether oxygens (including phenoxy) is 4. The number of carboxylic acid groups (broad SMARTS) is 1. The van der Waals surface area contributed by atoms with Crippen LogP contribution < -0.4 is 32.7 Å². The lowest BCUT2D eigenvalue weighted by atomic mass is 9.89. The maximum Gasteiger partial charge on any atom is 0.409 e. The summed E-state index contributed by atoms with van der Waals surface area (Å²) in [6.07, 6.45) is -10.6. The van der Waals surface area contributed by atoms with Gasteiger partial charge in [-0.15, -0.1) is 0 Å². The molecule has 34 nitrogen and oxygen atoms in total. The molecule has 4 aromatic heterocycles. The SMILES string of the molecule is CC(CC(=O)NCCC(=O)N[C@H](C(=O)C[C@@H](CCCNC(N)=O)C(=O)Nc1ccc(COC(=O)N(C)CCOC(=O)Cc2ncnc3c2ncn3[C@@H]2O[C@@H]3COP(O)(=S)O[C@H]4[C@@H](F)[C@H](n5cnc6c(N)ncnc65)O[C@@H]4COP(O)(=S)O[C@H]3[C@H]2F)cc1)C(C)C)C(=O)O. The Bertz CT molecular complexity index is 3660. The van der Waals surface area contributed by atoms with Crippen LogP contribution in [0.25, 0.3) is 22.3 Å². The molecule has 6 amide bonds. The third-order valence-electron chi connectivity index (χ3n) is 14.9. The highest BCUT2D eigenvalue weighted by molar-refractivity contribution is 8.07. The first-order valence-corrected chi connectivity index (χ1v) is 34.0. The number of likely N-dealkylation sites (N-methyl/N-ethyl adjacent to an activating group) is 1. The Morgan fingerprint density at radius 3 is 1.98 bits per heavy atom. The number of esters is 1. The second kappa shape index (κ2) is 31.6. The average molecular weight is 1380 g/mol. The number of halogens is 2. The van der Waals surface area contributed by atoms with Crippen molar-refractivity contribution in [1.29, 1.82) is 0 Å². The lowest BCUT2D eigenvalue weighted by Gasteiger charge is -2.29. The fraction of sp³-hybridized carbons (Fsp3) is 0.547. The summed E-state index contributed by atoms with van der Waals surface area (Å²) in [7, 11) is 1.41. The molecule has 3 unspecified atom stereocenters. The number of ketones is 1. The number of fused-ring (bicyclic) bond motifs is 4. The lowest BCUT2D eigenvalue weighted by Crippen LogP contribution is -2.46. The molecule has 40 heteroatoms. The highest BCUT2D eigenvalue weighted by atomic mass is 32.5. The van der Waals surface area contributed by atoms with Crippen LogP contribution in [0.4, 0.5) is 29.9 Å². The fourth-order valence-electron chi connectivity index (χ4n) is 9.96. The Morgan fingerprint density at radius 2 is 1.39 bits per heavy atom. The van der Waals surface area contributed by atoms with Gasteiger partial charge in [0.15, 0.2) is 47.7 Å². The summed E-state index contributed by atoms with van der Waals surface area (Å²) in [5.41, 5.74) is 12.3. The van der Waals surface area contributed by atoms with Gasteiger partial charge in [-0.2, -0.15) is 0 Å². The standard InChI is InChI=1S/C53H69F2N15O19P2S2/c1-26(2)40(67-35(72)11-13-58-36(73)16-27(3)51(76)77)32(71)17-29(6-5-12-59-52(57)78)48(75)66-30-9-7-28(8-10-30)19-83-53(79)68(4)14-15-82-37(74)18-31-41-46(62-22-60-31)69(24-64-41)49-38(54)43-33(86-49)20-84-91(81,93)89-44-34(21-85-90(80,92)88-43)87-50(39(44)55)70-25-65-42-45(56)61-23-63-47(42)70/h7-10,22-27,29,33-34,38-40,43-44,49-50H,5-6,11-21H2,1-4H3,(H,58,73)(H,66,75)(H,67,72)(H,76,77)(H,80,92)(H,81,93)(H2,56,61,63)(H3,57,59,78)/t27?,29-,33-,34-,38-,39-,40+,43-,44-,49-,50-,90?,91?/m1/s1. The smallest absolute Gasteiger partial charge is 0.409 e. The summed E-state index contributed by atoms with van der Waals surface area (Å²) in [5.74, 6) is -6.21. The van der Waals surface area contributed by atoms with Crippen molar-refractivity contribution in [3.8, 4) is 0 Å². The first kappa shape index (κ1) is 71.4. The van der Waals surface area contributed by atoms with E-state index in [-0.39, 0.29) is 98.8 Å². The van der Waals surface area contributed by atoms with Gasteiger partial charge in [0.1, 0.15) is 61.3 Å². The van der Waals surface area contributed by atoms with Crippen LogP contribution in [0.3, 0.4) is 0 Å². The van der Waals surface area contributed by atoms with Gasteiger partial charge in [0.05, 0.1) is 56.5 Å². The Hall–Kier alpha value is -7.48. The molecular formula is C53H69F2N15O19P2S2. The number of nitrogens with two attached hydrogens (primary N) is 2. The number of nitrogens with one attached hydrogen (secondary N) is 4. The monoisotopic (exact) mass is 1380 g/mol. The number of hydrogen-bond acceptors (Lipinski definition) is 25. The molecule has 3 aliphatic heterocycles. The van der Waals surface area contributed by atoms with Gasteiger partial charge in [0.2, 0.25) is 17.7 Å². The first-order valence-electron chi connectivity index (χ1n) is 28.9. The molecule has 0 bridgehead atoms. The molecule has 13 atom stereocenters. The molecule has 0 aliphatic carbocycles. The van der Waals surface area contributed by atoms with Gasteiger partial charge in [-0.05, 0) is 60.1 Å². The van der Waals surface area contributed by atoms with E-state index in [2.05, 4.69) is 51.2 Å². The molecule has 3 fully saturated rings. The van der Waals surface area contributed by atoms with Gasteiger partial charge in [-0.3, -0.25) is 46.9 Å². The number of carbonyl (C=O) groups excluding carboxylic acids is 7. The molecule has 7 heterocycles. The number of Topliss-reactive ketones (excluding diaryl/α,β-unsaturated/α-hetero) is 1. The summed E-state index contributed by atoms with van der Waals surface area (Å²) in [5, 5.41) is 19.4. The Labute approximate surface area is 538 Å². The van der Waals surface area contributed by atoms with Crippen molar-refractivity contribution in [1.82, 2.24) is 59.9 Å². The average Bonchev–Trinajstić information content (AvgIpc) is 1.63. The number of imidazole rings is 2. The predicted molar refractivity (Wildman–Crippen MR) is 326 cm³/mol. The van der Waals surface area contributed by atoms with Crippen molar-refractivity contribution < 1.29 is 99.1 Å². The second-order valence-electron chi connectivity index (χ2n) is 22.1. The topological polar surface area (TPSA) is 462 Å². The maximum atomic E-state index is 16.7. The molecule has 0 spiro atoms. The Kier molecular flexibility index (Phi) is 24.3. The summed E-state index contributed by atoms with van der Waals surface area (Å²) < 4.78 is 80.7. The molecular weight excluding hydrogens is 1310 g/mol. The lowest BCUT2D eigenvalue weighted by molar-refractivity contribution is -0.143. The Morgan fingerprint density at radius 1 is 0.796 bits per heavy atom. The largest absolute Gasteiger partial charge is 0.481 e. The summed E-state index contributed by atoms with van der Waals surface area (Å²) >= 11 is 10.5. The number of aliphatic carboxylic acids is 1. The molecule has 0 saturated carbocycles. The van der Waals surface area contributed by atoms with Crippen LogP contribution in [0.15, 0.2) is 49.6 Å². The van der Waals surface area contributed by atoms with Gasteiger partial charge >= 0.3 is 37.5 Å². The molecule has 506 valence electrons. The molecule has 1 aromatic carbocycles. The van der Waals surface area contributed by atoms with Crippen molar-refractivity contribution in [3.63, 3.8) is 0 Å². The Balaban J connectivity index is 0.796. The van der Waals surface area contributed by atoms with Gasteiger partial charge in [0, 0.05) is 51.0 Å². The highest BCUT2D eigenvalue weighted by Gasteiger charge is 2.54. The number of anilines is 2. The number of carboxylic acids is 1. The van der Waals surface area contributed by atoms with E-state index in [4.69, 9.17) is 77.2 Å².